The summed E-state index contributed by atoms with van der Waals surface area (Å²) in [5, 5.41) is 0. The number of hydrogen-bond acceptors (Lipinski definition) is 5. The molecule has 0 atom stereocenters. The van der Waals surface area contributed by atoms with Crippen LogP contribution in [0.25, 0.3) is 0 Å². The topological polar surface area (TPSA) is 58.6 Å². The van der Waals surface area contributed by atoms with Crippen molar-refractivity contribution in [2.24, 2.45) is 5.41 Å². The first-order chi connectivity index (χ1) is 13.6. The average molecular weight is 380 g/mol. The summed E-state index contributed by atoms with van der Waals surface area (Å²) < 4.78 is 5.95. The van der Waals surface area contributed by atoms with E-state index >= 15 is 0 Å². The fourth-order valence-electron chi connectivity index (χ4n) is 4.16. The van der Waals surface area contributed by atoms with E-state index in [1.165, 1.54) is 5.56 Å². The van der Waals surface area contributed by atoms with Crippen LogP contribution in [0.2, 0.25) is 0 Å². The second-order valence-corrected chi connectivity index (χ2v) is 8.11. The first kappa shape index (κ1) is 18.9. The molecule has 4 rings (SSSR count). The molecule has 2 aromatic rings. The maximum Gasteiger partial charge on any atom is 0.253 e. The van der Waals surface area contributed by atoms with Crippen LogP contribution in [0.3, 0.4) is 0 Å². The van der Waals surface area contributed by atoms with Gasteiger partial charge >= 0.3 is 0 Å². The minimum atomic E-state index is 0.0513. The Kier molecular flexibility index (Phi) is 5.31. The van der Waals surface area contributed by atoms with Crippen LogP contribution in [-0.4, -0.2) is 60.2 Å². The van der Waals surface area contributed by atoms with E-state index in [-0.39, 0.29) is 11.3 Å². The molecular weight excluding hydrogens is 352 g/mol. The summed E-state index contributed by atoms with van der Waals surface area (Å²) in [6, 6.07) is 7.82. The number of carbonyl (C=O) groups excluding carboxylic acids is 1. The molecule has 2 saturated heterocycles. The lowest BCUT2D eigenvalue weighted by Gasteiger charge is -2.42. The van der Waals surface area contributed by atoms with Crippen molar-refractivity contribution in [2.75, 3.05) is 44.3 Å². The number of amides is 1. The van der Waals surface area contributed by atoms with Gasteiger partial charge in [0.1, 0.15) is 0 Å². The highest BCUT2D eigenvalue weighted by Gasteiger charge is 2.39. The highest BCUT2D eigenvalue weighted by Crippen LogP contribution is 2.35. The van der Waals surface area contributed by atoms with Gasteiger partial charge in [-0.15, -0.1) is 0 Å². The van der Waals surface area contributed by atoms with Crippen molar-refractivity contribution in [1.29, 1.82) is 0 Å². The SMILES string of the molecule is Cc1ccc(C(=O)N2CCC3(CC2)COCCN(c2ncccn2)C3)cc1C. The quantitative estimate of drug-likeness (QED) is 0.802. The summed E-state index contributed by atoms with van der Waals surface area (Å²) >= 11 is 0. The molecule has 2 aliphatic heterocycles. The van der Waals surface area contributed by atoms with E-state index in [4.69, 9.17) is 4.74 Å². The molecule has 0 bridgehead atoms. The molecule has 6 nitrogen and oxygen atoms in total. The lowest BCUT2D eigenvalue weighted by molar-refractivity contribution is 0.0207. The van der Waals surface area contributed by atoms with Gasteiger partial charge in [0.15, 0.2) is 0 Å². The Bertz CT molecular complexity index is 832. The van der Waals surface area contributed by atoms with E-state index in [2.05, 4.69) is 28.7 Å². The molecule has 2 aliphatic rings. The molecule has 1 amide bonds. The second kappa shape index (κ2) is 7.87. The van der Waals surface area contributed by atoms with E-state index < -0.39 is 0 Å². The summed E-state index contributed by atoms with van der Waals surface area (Å²) in [6.07, 6.45) is 5.44. The van der Waals surface area contributed by atoms with Gasteiger partial charge in [-0.2, -0.15) is 0 Å². The fourth-order valence-corrected chi connectivity index (χ4v) is 4.16. The Morgan fingerprint density at radius 3 is 2.54 bits per heavy atom. The Morgan fingerprint density at radius 1 is 1.07 bits per heavy atom. The Morgan fingerprint density at radius 2 is 1.82 bits per heavy atom. The predicted octanol–water partition coefficient (Wildman–Crippen LogP) is 2.85. The number of rotatable bonds is 2. The van der Waals surface area contributed by atoms with E-state index in [1.807, 2.05) is 29.2 Å². The van der Waals surface area contributed by atoms with Crippen molar-refractivity contribution >= 4 is 11.9 Å². The number of benzene rings is 1. The molecule has 0 radical (unpaired) electrons. The summed E-state index contributed by atoms with van der Waals surface area (Å²) in [5.41, 5.74) is 3.22. The molecule has 0 saturated carbocycles. The first-order valence-electron chi connectivity index (χ1n) is 10.0. The fraction of sp³-hybridized carbons (Fsp3) is 0.500. The summed E-state index contributed by atoms with van der Waals surface area (Å²) in [6.45, 7) is 8.76. The minimum absolute atomic E-state index is 0.0513. The lowest BCUT2D eigenvalue weighted by atomic mass is 9.78. The van der Waals surface area contributed by atoms with Gasteiger partial charge in [-0.05, 0) is 56.0 Å². The van der Waals surface area contributed by atoms with Crippen LogP contribution in [0, 0.1) is 19.3 Å². The van der Waals surface area contributed by atoms with Crippen LogP contribution in [0.1, 0.15) is 34.3 Å². The maximum absolute atomic E-state index is 13.0. The van der Waals surface area contributed by atoms with Crippen LogP contribution in [0.4, 0.5) is 5.95 Å². The van der Waals surface area contributed by atoms with Crippen LogP contribution >= 0.6 is 0 Å². The molecule has 2 fully saturated rings. The zero-order valence-electron chi connectivity index (χ0n) is 16.7. The first-order valence-corrected chi connectivity index (χ1v) is 10.0. The number of aryl methyl sites for hydroxylation is 2. The summed E-state index contributed by atoms with van der Waals surface area (Å²) in [5.74, 6) is 0.900. The number of ether oxygens (including phenoxy) is 1. The summed E-state index contributed by atoms with van der Waals surface area (Å²) in [4.78, 5) is 26.0. The van der Waals surface area contributed by atoms with Crippen molar-refractivity contribution in [3.05, 3.63) is 53.3 Å². The number of aromatic nitrogens is 2. The zero-order chi connectivity index (χ0) is 19.6. The van der Waals surface area contributed by atoms with Crippen molar-refractivity contribution in [3.63, 3.8) is 0 Å². The van der Waals surface area contributed by atoms with Crippen molar-refractivity contribution in [2.45, 2.75) is 26.7 Å². The van der Waals surface area contributed by atoms with Crippen molar-refractivity contribution in [3.8, 4) is 0 Å². The monoisotopic (exact) mass is 380 g/mol. The largest absolute Gasteiger partial charge is 0.379 e. The number of anilines is 1. The molecule has 1 aromatic carbocycles. The van der Waals surface area contributed by atoms with Gasteiger partial charge in [-0.1, -0.05) is 6.07 Å². The standard InChI is InChI=1S/C22H28N4O2/c1-17-4-5-19(14-18(17)2)20(27)25-10-6-22(7-11-25)15-26(12-13-28-16-22)21-23-8-3-9-24-21/h3-5,8-9,14H,6-7,10-13,15-16H2,1-2H3. The molecular formula is C22H28N4O2. The van der Waals surface area contributed by atoms with E-state index in [9.17, 15) is 4.79 Å². The smallest absolute Gasteiger partial charge is 0.253 e. The number of nitrogens with zero attached hydrogens (tertiary/aromatic N) is 4. The molecule has 1 aromatic heterocycles. The Balaban J connectivity index is 1.44. The highest BCUT2D eigenvalue weighted by molar-refractivity contribution is 5.94. The number of likely N-dealkylation sites (tertiary alicyclic amines) is 1. The number of hydrogen-bond donors (Lipinski definition) is 0. The minimum Gasteiger partial charge on any atom is -0.379 e. The number of carbonyl (C=O) groups is 1. The van der Waals surface area contributed by atoms with Crippen molar-refractivity contribution < 1.29 is 9.53 Å². The van der Waals surface area contributed by atoms with Crippen molar-refractivity contribution in [1.82, 2.24) is 14.9 Å². The van der Waals surface area contributed by atoms with Crippen LogP contribution in [0.15, 0.2) is 36.7 Å². The third-order valence-corrected chi connectivity index (χ3v) is 6.14. The average Bonchev–Trinajstić information content (AvgIpc) is 2.93. The van der Waals surface area contributed by atoms with Gasteiger partial charge in [-0.25, -0.2) is 9.97 Å². The van der Waals surface area contributed by atoms with Crippen LogP contribution < -0.4 is 4.90 Å². The molecule has 3 heterocycles. The van der Waals surface area contributed by atoms with E-state index in [0.29, 0.717) is 6.61 Å². The van der Waals surface area contributed by atoms with Crippen LogP contribution in [0.5, 0.6) is 0 Å². The zero-order valence-corrected chi connectivity index (χ0v) is 16.7. The van der Waals surface area contributed by atoms with Crippen LogP contribution in [-0.2, 0) is 4.74 Å². The number of piperidine rings is 1. The normalized spacial score (nSPS) is 19.5. The second-order valence-electron chi connectivity index (χ2n) is 8.11. The van der Waals surface area contributed by atoms with Gasteiger partial charge in [0.05, 0.1) is 13.2 Å². The van der Waals surface area contributed by atoms with Gasteiger partial charge in [-0.3, -0.25) is 4.79 Å². The Labute approximate surface area is 166 Å². The van der Waals surface area contributed by atoms with Gasteiger partial charge in [0, 0.05) is 49.6 Å². The molecule has 0 unspecified atom stereocenters. The van der Waals surface area contributed by atoms with E-state index in [1.54, 1.807) is 12.4 Å². The summed E-state index contributed by atoms with van der Waals surface area (Å²) in [7, 11) is 0. The third-order valence-electron chi connectivity index (χ3n) is 6.14. The van der Waals surface area contributed by atoms with E-state index in [0.717, 1.165) is 62.7 Å². The molecule has 6 heteroatoms. The third kappa shape index (κ3) is 3.87. The molecule has 28 heavy (non-hydrogen) atoms. The molecule has 0 aliphatic carbocycles. The highest BCUT2D eigenvalue weighted by atomic mass is 16.5. The predicted molar refractivity (Wildman–Crippen MR) is 109 cm³/mol. The molecule has 0 N–H and O–H groups in total. The molecule has 1 spiro atoms. The van der Waals surface area contributed by atoms with Gasteiger partial charge < -0.3 is 14.5 Å². The Hall–Kier alpha value is -2.47. The lowest BCUT2D eigenvalue weighted by Crippen LogP contribution is -2.49. The van der Waals surface area contributed by atoms with Gasteiger partial charge in [0.25, 0.3) is 5.91 Å². The maximum atomic E-state index is 13.0. The molecule has 148 valence electrons. The van der Waals surface area contributed by atoms with Gasteiger partial charge in [0.2, 0.25) is 5.95 Å².